The van der Waals surface area contributed by atoms with E-state index < -0.39 is 11.7 Å². The van der Waals surface area contributed by atoms with Gasteiger partial charge in [-0.05, 0) is 79.4 Å². The maximum Gasteiger partial charge on any atom is 0.0803 e. The van der Waals surface area contributed by atoms with Gasteiger partial charge >= 0.3 is 0 Å². The average Bonchev–Trinajstić information content (AvgIpc) is 3.23. The lowest BCUT2D eigenvalue weighted by Crippen LogP contribution is -2.52. The fourth-order valence-corrected chi connectivity index (χ4v) is 7.84. The highest BCUT2D eigenvalue weighted by Crippen LogP contribution is 2.78. The maximum atomic E-state index is 11.3. The molecule has 0 radical (unpaired) electrons. The zero-order valence-corrected chi connectivity index (χ0v) is 14.8. The van der Waals surface area contributed by atoms with Crippen LogP contribution in [0, 0.1) is 16.7 Å². The molecule has 0 saturated heterocycles. The molecule has 1 aromatic heterocycles. The van der Waals surface area contributed by atoms with Gasteiger partial charge in [0.05, 0.1) is 23.4 Å². The largest absolute Gasteiger partial charge is 0.389 e. The van der Waals surface area contributed by atoms with E-state index in [9.17, 15) is 10.2 Å². The summed E-state index contributed by atoms with van der Waals surface area (Å²) in [7, 11) is 0. The molecule has 3 N–H and O–H groups in total. The number of rotatable bonds is 0. The van der Waals surface area contributed by atoms with Gasteiger partial charge in [0, 0.05) is 10.8 Å². The topological polar surface area (TPSA) is 69.1 Å². The van der Waals surface area contributed by atoms with E-state index in [0.717, 1.165) is 61.4 Å². The summed E-state index contributed by atoms with van der Waals surface area (Å²) in [5.74, 6) is 1.01. The van der Waals surface area contributed by atoms with E-state index in [4.69, 9.17) is 0 Å². The quantitative estimate of drug-likeness (QED) is 0.684. The normalized spacial score (nSPS) is 47.6. The Hall–Kier alpha value is -1.39. The van der Waals surface area contributed by atoms with Crippen molar-refractivity contribution in [1.82, 2.24) is 10.2 Å². The van der Waals surface area contributed by atoms with Crippen molar-refractivity contribution in [2.75, 3.05) is 0 Å². The van der Waals surface area contributed by atoms with E-state index in [0.29, 0.717) is 11.8 Å². The molecule has 2 aromatic rings. The van der Waals surface area contributed by atoms with Crippen molar-refractivity contribution in [3.8, 4) is 0 Å². The standard InChI is InChI=1S/C21H26N2O2/c1-19-5-4-12-13-2-3-16-14(11-22-23-16)18(13)17(24)10-15(12)20(19)6-8-21(19,25)9-7-20/h2-3,11-12,15,17,24-25H,4-10H2,1H3,(H,22,23)/t12-,15-,17+,19+,20?,21?/m1/s1. The predicted molar refractivity (Wildman–Crippen MR) is 95.1 cm³/mol. The number of nitrogens with zero attached hydrogens (tertiary/aromatic N) is 1. The minimum atomic E-state index is -0.461. The molecule has 4 aliphatic carbocycles. The average molecular weight is 338 g/mol. The summed E-state index contributed by atoms with van der Waals surface area (Å²) < 4.78 is 0. The molecule has 6 rings (SSSR count). The van der Waals surface area contributed by atoms with Crippen molar-refractivity contribution in [2.24, 2.45) is 16.7 Å². The van der Waals surface area contributed by atoms with Crippen LogP contribution in [0.1, 0.15) is 75.0 Å². The minimum absolute atomic E-state index is 0.0398. The van der Waals surface area contributed by atoms with Crippen LogP contribution in [0.15, 0.2) is 18.3 Å². The minimum Gasteiger partial charge on any atom is -0.389 e. The van der Waals surface area contributed by atoms with Gasteiger partial charge in [0.1, 0.15) is 0 Å². The van der Waals surface area contributed by atoms with Crippen molar-refractivity contribution in [3.05, 3.63) is 29.5 Å². The van der Waals surface area contributed by atoms with Crippen LogP contribution in [0.2, 0.25) is 0 Å². The molecule has 3 fully saturated rings. The Kier molecular flexibility index (Phi) is 2.53. The van der Waals surface area contributed by atoms with E-state index in [1.165, 1.54) is 5.56 Å². The highest BCUT2D eigenvalue weighted by molar-refractivity contribution is 5.84. The lowest BCUT2D eigenvalue weighted by atomic mass is 9.48. The van der Waals surface area contributed by atoms with Crippen molar-refractivity contribution < 1.29 is 10.2 Å². The molecule has 4 heteroatoms. The summed E-state index contributed by atoms with van der Waals surface area (Å²) in [6.45, 7) is 2.35. The summed E-state index contributed by atoms with van der Waals surface area (Å²) in [5.41, 5.74) is 3.27. The highest BCUT2D eigenvalue weighted by atomic mass is 16.3. The molecule has 4 nitrogen and oxygen atoms in total. The number of hydrogen-bond acceptors (Lipinski definition) is 3. The van der Waals surface area contributed by atoms with Crippen LogP contribution in [-0.2, 0) is 0 Å². The smallest absolute Gasteiger partial charge is 0.0803 e. The molecule has 0 amide bonds. The number of H-pyrrole nitrogens is 1. The third-order valence-corrected chi connectivity index (χ3v) is 9.16. The summed E-state index contributed by atoms with van der Waals surface area (Å²) >= 11 is 0. The van der Waals surface area contributed by atoms with Crippen LogP contribution in [0.3, 0.4) is 0 Å². The molecule has 0 aliphatic heterocycles. The number of aromatic nitrogens is 2. The van der Waals surface area contributed by atoms with Crippen LogP contribution >= 0.6 is 0 Å². The summed E-state index contributed by atoms with van der Waals surface area (Å²) in [5, 5.41) is 30.7. The second-order valence-electron chi connectivity index (χ2n) is 9.42. The molecule has 1 heterocycles. The van der Waals surface area contributed by atoms with E-state index in [-0.39, 0.29) is 10.8 Å². The number of nitrogens with one attached hydrogen (secondary N) is 1. The Morgan fingerprint density at radius 3 is 2.76 bits per heavy atom. The molecule has 25 heavy (non-hydrogen) atoms. The fourth-order valence-electron chi connectivity index (χ4n) is 7.84. The zero-order chi connectivity index (χ0) is 17.0. The molecule has 132 valence electrons. The van der Waals surface area contributed by atoms with Gasteiger partial charge in [0.2, 0.25) is 0 Å². The zero-order valence-electron chi connectivity index (χ0n) is 14.8. The Bertz CT molecular complexity index is 879. The fraction of sp³-hybridized carbons (Fsp3) is 0.667. The van der Waals surface area contributed by atoms with Gasteiger partial charge in [0.15, 0.2) is 0 Å². The van der Waals surface area contributed by atoms with Crippen LogP contribution in [0.25, 0.3) is 10.9 Å². The van der Waals surface area contributed by atoms with Gasteiger partial charge in [-0.25, -0.2) is 0 Å². The maximum absolute atomic E-state index is 11.3. The van der Waals surface area contributed by atoms with Crippen molar-refractivity contribution >= 4 is 10.9 Å². The molecule has 4 aliphatic rings. The van der Waals surface area contributed by atoms with Gasteiger partial charge in [-0.15, -0.1) is 0 Å². The third-order valence-electron chi connectivity index (χ3n) is 9.16. The first-order valence-electron chi connectivity index (χ1n) is 9.85. The van der Waals surface area contributed by atoms with E-state index in [1.54, 1.807) is 0 Å². The molecular weight excluding hydrogens is 312 g/mol. The first kappa shape index (κ1) is 14.7. The molecule has 4 atom stereocenters. The van der Waals surface area contributed by atoms with Crippen molar-refractivity contribution in [3.63, 3.8) is 0 Å². The summed E-state index contributed by atoms with van der Waals surface area (Å²) in [6, 6.07) is 4.35. The number of hydrogen-bond donors (Lipinski definition) is 3. The number of fused-ring (bicyclic) bond motifs is 5. The third kappa shape index (κ3) is 1.44. The predicted octanol–water partition coefficient (Wildman–Crippen LogP) is 3.81. The van der Waals surface area contributed by atoms with Gasteiger partial charge < -0.3 is 10.2 Å². The van der Waals surface area contributed by atoms with Crippen LogP contribution in [-0.4, -0.2) is 26.0 Å². The summed E-state index contributed by atoms with van der Waals surface area (Å²) in [4.78, 5) is 0. The van der Waals surface area contributed by atoms with E-state index in [1.807, 2.05) is 6.20 Å². The Morgan fingerprint density at radius 2 is 1.96 bits per heavy atom. The highest BCUT2D eigenvalue weighted by Gasteiger charge is 2.73. The van der Waals surface area contributed by atoms with Crippen molar-refractivity contribution in [2.45, 2.75) is 69.5 Å². The van der Waals surface area contributed by atoms with Crippen LogP contribution in [0.4, 0.5) is 0 Å². The molecule has 1 aromatic carbocycles. The summed E-state index contributed by atoms with van der Waals surface area (Å²) in [6.07, 6.45) is 8.73. The van der Waals surface area contributed by atoms with Gasteiger partial charge in [-0.2, -0.15) is 5.10 Å². The van der Waals surface area contributed by atoms with E-state index in [2.05, 4.69) is 29.3 Å². The molecule has 0 spiro atoms. The monoisotopic (exact) mass is 338 g/mol. The molecule has 3 saturated carbocycles. The molecular formula is C21H26N2O2. The Morgan fingerprint density at radius 1 is 1.16 bits per heavy atom. The van der Waals surface area contributed by atoms with Gasteiger partial charge in [-0.3, -0.25) is 5.10 Å². The van der Waals surface area contributed by atoms with Crippen LogP contribution < -0.4 is 0 Å². The SMILES string of the molecule is C[C@]12CC[C@@H]3c4ccc5[nH]ncc5c4[C@@H](O)C[C@H]3C13CCC2(O)CC3. The van der Waals surface area contributed by atoms with Gasteiger partial charge in [-0.1, -0.05) is 13.0 Å². The van der Waals surface area contributed by atoms with Gasteiger partial charge in [0.25, 0.3) is 0 Å². The van der Waals surface area contributed by atoms with E-state index >= 15 is 0 Å². The Balaban J connectivity index is 1.54. The molecule has 2 bridgehead atoms. The number of aromatic amines is 1. The number of aliphatic hydroxyl groups excluding tert-OH is 1. The second kappa shape index (κ2) is 4.29. The van der Waals surface area contributed by atoms with Crippen molar-refractivity contribution in [1.29, 1.82) is 0 Å². The lowest BCUT2D eigenvalue weighted by molar-refractivity contribution is -0.109. The second-order valence-corrected chi connectivity index (χ2v) is 9.42. The first-order chi connectivity index (χ1) is 12.0. The number of benzene rings is 1. The van der Waals surface area contributed by atoms with Crippen LogP contribution in [0.5, 0.6) is 0 Å². The Labute approximate surface area is 147 Å². The first-order valence-corrected chi connectivity index (χ1v) is 9.85. The molecule has 0 unspecified atom stereocenters. The lowest BCUT2D eigenvalue weighted by Gasteiger charge is -2.57. The number of aliphatic hydroxyl groups is 2.